The highest BCUT2D eigenvalue weighted by Crippen LogP contribution is 2.31. The van der Waals surface area contributed by atoms with Gasteiger partial charge < -0.3 is 4.74 Å². The molecule has 5 heteroatoms. The molecule has 1 aromatic rings. The third-order valence-electron chi connectivity index (χ3n) is 1.06. The molecule has 11 heavy (non-hydrogen) atoms. The number of carbonyl (C=O) groups is 1. The Morgan fingerprint density at radius 3 is 2.82 bits per heavy atom. The molecule has 0 amide bonds. The highest BCUT2D eigenvalue weighted by Gasteiger charge is 2.13. The number of hydrogen-bond acceptors (Lipinski definition) is 3. The van der Waals surface area contributed by atoms with Crippen molar-refractivity contribution in [3.63, 3.8) is 0 Å². The molecule has 0 fully saturated rings. The number of hydrogen-bond donors (Lipinski definition) is 0. The van der Waals surface area contributed by atoms with Gasteiger partial charge in [-0.25, -0.2) is 4.79 Å². The zero-order valence-corrected chi connectivity index (χ0v) is 8.72. The van der Waals surface area contributed by atoms with Gasteiger partial charge >= 0.3 is 5.97 Å². The largest absolute Gasteiger partial charge is 0.465 e. The zero-order valence-electron chi connectivity index (χ0n) is 5.56. The first-order valence-electron chi connectivity index (χ1n) is 2.68. The van der Waals surface area contributed by atoms with E-state index in [1.165, 1.54) is 18.4 Å². The molecule has 0 aromatic carbocycles. The Bertz CT molecular complexity index is 284. The maximum absolute atomic E-state index is 10.9. The van der Waals surface area contributed by atoms with Crippen LogP contribution in [0.5, 0.6) is 0 Å². The van der Waals surface area contributed by atoms with E-state index in [4.69, 9.17) is 11.6 Å². The molecule has 0 aliphatic carbocycles. The highest BCUT2D eigenvalue weighted by molar-refractivity contribution is 9.11. The fourth-order valence-electron chi connectivity index (χ4n) is 0.589. The first-order valence-corrected chi connectivity index (χ1v) is 4.67. The summed E-state index contributed by atoms with van der Waals surface area (Å²) < 4.78 is 5.76. The minimum atomic E-state index is -0.406. The van der Waals surface area contributed by atoms with Gasteiger partial charge in [-0.05, 0) is 22.0 Å². The topological polar surface area (TPSA) is 26.3 Å². The summed E-state index contributed by atoms with van der Waals surface area (Å²) in [7, 11) is 1.32. The van der Waals surface area contributed by atoms with Crippen LogP contribution in [0.4, 0.5) is 0 Å². The molecule has 0 saturated carbocycles. The van der Waals surface area contributed by atoms with Gasteiger partial charge in [0, 0.05) is 0 Å². The van der Waals surface area contributed by atoms with Crippen molar-refractivity contribution in [2.45, 2.75) is 0 Å². The van der Waals surface area contributed by atoms with Gasteiger partial charge in [0.05, 0.1) is 16.5 Å². The van der Waals surface area contributed by atoms with E-state index < -0.39 is 5.97 Å². The molecule has 0 radical (unpaired) electrons. The molecule has 0 saturated heterocycles. The van der Waals surface area contributed by atoms with Crippen LogP contribution in [0.15, 0.2) is 9.85 Å². The summed E-state index contributed by atoms with van der Waals surface area (Å²) in [6.45, 7) is 0. The number of thiophene rings is 1. The Kier molecular flexibility index (Phi) is 2.92. The number of carbonyl (C=O) groups excluding carboxylic acids is 1. The SMILES string of the molecule is COC(=O)c1cc(Br)sc1Cl. The lowest BCUT2D eigenvalue weighted by atomic mass is 10.3. The van der Waals surface area contributed by atoms with Crippen LogP contribution in [-0.2, 0) is 4.74 Å². The van der Waals surface area contributed by atoms with Crippen molar-refractivity contribution in [2.24, 2.45) is 0 Å². The molecule has 1 aromatic heterocycles. The van der Waals surface area contributed by atoms with Crippen LogP contribution in [0.2, 0.25) is 4.34 Å². The minimum absolute atomic E-state index is 0.406. The molecule has 1 heterocycles. The Morgan fingerprint density at radius 1 is 1.82 bits per heavy atom. The average Bonchev–Trinajstić information content (AvgIpc) is 2.28. The van der Waals surface area contributed by atoms with E-state index in [1.807, 2.05) is 0 Å². The molecule has 0 aliphatic rings. The predicted octanol–water partition coefficient (Wildman–Crippen LogP) is 2.95. The smallest absolute Gasteiger partial charge is 0.340 e. The quantitative estimate of drug-likeness (QED) is 0.721. The van der Waals surface area contributed by atoms with Gasteiger partial charge in [0.2, 0.25) is 0 Å². The number of ether oxygens (including phenoxy) is 1. The molecule has 0 spiro atoms. The maximum Gasteiger partial charge on any atom is 0.340 e. The second-order valence-corrected chi connectivity index (χ2v) is 4.76. The van der Waals surface area contributed by atoms with Crippen molar-refractivity contribution >= 4 is 44.8 Å². The van der Waals surface area contributed by atoms with Crippen molar-refractivity contribution in [3.8, 4) is 0 Å². The van der Waals surface area contributed by atoms with Crippen molar-refractivity contribution in [3.05, 3.63) is 19.8 Å². The second kappa shape index (κ2) is 3.56. The van der Waals surface area contributed by atoms with Crippen molar-refractivity contribution in [2.75, 3.05) is 7.11 Å². The third kappa shape index (κ3) is 1.95. The fourth-order valence-corrected chi connectivity index (χ4v) is 2.56. The second-order valence-electron chi connectivity index (χ2n) is 1.73. The van der Waals surface area contributed by atoms with E-state index in [2.05, 4.69) is 20.7 Å². The molecule has 1 rings (SSSR count). The van der Waals surface area contributed by atoms with Gasteiger partial charge in [-0.1, -0.05) is 11.6 Å². The molecule has 0 bridgehead atoms. The predicted molar refractivity (Wildman–Crippen MR) is 48.4 cm³/mol. The standard InChI is InChI=1S/C6H4BrClO2S/c1-10-6(9)3-2-4(7)11-5(3)8/h2H,1H3. The van der Waals surface area contributed by atoms with Crippen LogP contribution in [0.25, 0.3) is 0 Å². The summed E-state index contributed by atoms with van der Waals surface area (Å²) in [4.78, 5) is 10.9. The number of methoxy groups -OCH3 is 1. The van der Waals surface area contributed by atoms with Crippen LogP contribution in [0.1, 0.15) is 10.4 Å². The van der Waals surface area contributed by atoms with Gasteiger partial charge in [-0.3, -0.25) is 0 Å². The Morgan fingerprint density at radius 2 is 2.45 bits per heavy atom. The zero-order chi connectivity index (χ0) is 8.43. The molecular formula is C6H4BrClO2S. The fraction of sp³-hybridized carbons (Fsp3) is 0.167. The monoisotopic (exact) mass is 254 g/mol. The summed E-state index contributed by atoms with van der Waals surface area (Å²) in [5.74, 6) is -0.406. The Labute approximate surface area is 81.2 Å². The Balaban J connectivity index is 3.03. The van der Waals surface area contributed by atoms with E-state index in [1.54, 1.807) is 6.07 Å². The normalized spacial score (nSPS) is 9.73. The summed E-state index contributed by atoms with van der Waals surface area (Å²) in [6.07, 6.45) is 0. The first kappa shape index (κ1) is 9.03. The Hall–Kier alpha value is -0.0600. The first-order chi connectivity index (χ1) is 5.15. The van der Waals surface area contributed by atoms with E-state index in [0.29, 0.717) is 9.90 Å². The van der Waals surface area contributed by atoms with E-state index in [0.717, 1.165) is 3.79 Å². The van der Waals surface area contributed by atoms with Crippen LogP contribution < -0.4 is 0 Å². The molecule has 0 atom stereocenters. The lowest BCUT2D eigenvalue weighted by Crippen LogP contribution is -1.98. The number of rotatable bonds is 1. The van der Waals surface area contributed by atoms with Crippen LogP contribution in [-0.4, -0.2) is 13.1 Å². The van der Waals surface area contributed by atoms with Gasteiger partial charge in [-0.15, -0.1) is 11.3 Å². The van der Waals surface area contributed by atoms with Gasteiger partial charge in [0.15, 0.2) is 0 Å². The molecule has 0 N–H and O–H groups in total. The summed E-state index contributed by atoms with van der Waals surface area (Å²) in [5.41, 5.74) is 0.408. The summed E-state index contributed by atoms with van der Waals surface area (Å²) in [5, 5.41) is 0. The van der Waals surface area contributed by atoms with Crippen LogP contribution in [0, 0.1) is 0 Å². The van der Waals surface area contributed by atoms with Gasteiger partial charge in [0.1, 0.15) is 4.34 Å². The lowest BCUT2D eigenvalue weighted by Gasteiger charge is -1.93. The van der Waals surface area contributed by atoms with Crippen molar-refractivity contribution < 1.29 is 9.53 Å². The van der Waals surface area contributed by atoms with Crippen LogP contribution >= 0.6 is 38.9 Å². The average molecular weight is 256 g/mol. The maximum atomic E-state index is 10.9. The highest BCUT2D eigenvalue weighted by atomic mass is 79.9. The molecular weight excluding hydrogens is 251 g/mol. The van der Waals surface area contributed by atoms with E-state index >= 15 is 0 Å². The molecule has 0 aliphatic heterocycles. The van der Waals surface area contributed by atoms with Crippen molar-refractivity contribution in [1.29, 1.82) is 0 Å². The number of halogens is 2. The van der Waals surface area contributed by atoms with Gasteiger partial charge in [0.25, 0.3) is 0 Å². The minimum Gasteiger partial charge on any atom is -0.465 e. The molecule has 60 valence electrons. The summed E-state index contributed by atoms with van der Waals surface area (Å²) >= 11 is 10.2. The molecule has 2 nitrogen and oxygen atoms in total. The van der Waals surface area contributed by atoms with E-state index in [9.17, 15) is 4.79 Å². The lowest BCUT2D eigenvalue weighted by molar-refractivity contribution is 0.0601. The third-order valence-corrected chi connectivity index (χ3v) is 2.92. The van der Waals surface area contributed by atoms with Gasteiger partial charge in [-0.2, -0.15) is 0 Å². The van der Waals surface area contributed by atoms with E-state index in [-0.39, 0.29) is 0 Å². The van der Waals surface area contributed by atoms with Crippen LogP contribution in [0.3, 0.4) is 0 Å². The summed E-state index contributed by atoms with van der Waals surface area (Å²) in [6, 6.07) is 1.64. The molecule has 0 unspecified atom stereocenters. The van der Waals surface area contributed by atoms with Crippen molar-refractivity contribution in [1.82, 2.24) is 0 Å². The number of esters is 1.